The van der Waals surface area contributed by atoms with Crippen molar-refractivity contribution in [1.82, 2.24) is 0 Å². The molecule has 4 heterocycles. The Bertz CT molecular complexity index is 1410. The van der Waals surface area contributed by atoms with E-state index in [1.54, 1.807) is 12.5 Å². The Balaban J connectivity index is 1.06. The second-order valence-corrected chi connectivity index (χ2v) is 18.5. The number of allylic oxidation sites excluding steroid dienone is 2. The molecule has 17 atom stereocenters. The van der Waals surface area contributed by atoms with Gasteiger partial charge in [-0.05, 0) is 74.0 Å². The molecule has 3 N–H and O–H groups in total. The summed E-state index contributed by atoms with van der Waals surface area (Å²) < 4.78 is 38.3. The summed E-state index contributed by atoms with van der Waals surface area (Å²) in [4.78, 5) is 12.9. The predicted molar refractivity (Wildman–Crippen MR) is 166 cm³/mol. The van der Waals surface area contributed by atoms with E-state index in [1.807, 2.05) is 0 Å². The second kappa shape index (κ2) is 9.40. The number of aliphatic hydroxyl groups excluding tert-OH is 3. The lowest BCUT2D eigenvalue weighted by molar-refractivity contribution is -0.307. The highest BCUT2D eigenvalue weighted by atomic mass is 16.8. The summed E-state index contributed by atoms with van der Waals surface area (Å²) in [6, 6.07) is 0. The SMILES string of the molecule is CC(=O)O[C@@H]1C[C@@]23C[C@@]24CC[C@H](O[C@@H]2OC[C@@H](O)[C@H](O)[C@H]2O)C(C)(C)[C@@H]4CC=C3[C@]2(C)C[C@@H]3O[C@]4(C[C@@H](C)[C@@H]3[C@@]12C)OC[C@@]1(C)O[C@H]41. The Kier molecular flexibility index (Phi) is 6.37. The van der Waals surface area contributed by atoms with Crippen molar-refractivity contribution in [1.29, 1.82) is 0 Å². The van der Waals surface area contributed by atoms with E-state index in [-0.39, 0.29) is 75.6 Å². The number of esters is 1. The molecule has 10 nitrogen and oxygen atoms in total. The van der Waals surface area contributed by atoms with Crippen LogP contribution in [0.5, 0.6) is 0 Å². The van der Waals surface area contributed by atoms with Gasteiger partial charge in [0.15, 0.2) is 12.1 Å². The summed E-state index contributed by atoms with van der Waals surface area (Å²) in [6.45, 7) is 15.9. The molecule has 0 bridgehead atoms. The van der Waals surface area contributed by atoms with Crippen molar-refractivity contribution in [3.63, 3.8) is 0 Å². The van der Waals surface area contributed by atoms with Crippen LogP contribution < -0.4 is 0 Å². The molecule has 5 aliphatic carbocycles. The zero-order valence-corrected chi connectivity index (χ0v) is 29.0. The lowest BCUT2D eigenvalue weighted by Crippen LogP contribution is -2.61. The third kappa shape index (κ3) is 3.73. The first-order valence-electron chi connectivity index (χ1n) is 18.2. The monoisotopic (exact) mass is 658 g/mol. The van der Waals surface area contributed by atoms with Gasteiger partial charge in [0.1, 0.15) is 36.1 Å². The third-order valence-corrected chi connectivity index (χ3v) is 16.0. The maximum atomic E-state index is 12.9. The highest BCUT2D eigenvalue weighted by Crippen LogP contribution is 2.88. The van der Waals surface area contributed by atoms with Gasteiger partial charge in [-0.25, -0.2) is 0 Å². The number of epoxide rings is 1. The molecule has 10 heteroatoms. The molecule has 4 saturated carbocycles. The molecular formula is C37H54O10. The van der Waals surface area contributed by atoms with Gasteiger partial charge in [0.2, 0.25) is 0 Å². The zero-order chi connectivity index (χ0) is 33.3. The van der Waals surface area contributed by atoms with Gasteiger partial charge < -0.3 is 43.7 Å². The Morgan fingerprint density at radius 1 is 1.00 bits per heavy atom. The van der Waals surface area contributed by atoms with Gasteiger partial charge >= 0.3 is 5.97 Å². The van der Waals surface area contributed by atoms with Crippen LogP contribution in [0.3, 0.4) is 0 Å². The summed E-state index contributed by atoms with van der Waals surface area (Å²) in [7, 11) is 0. The highest BCUT2D eigenvalue weighted by Gasteiger charge is 2.85. The van der Waals surface area contributed by atoms with Gasteiger partial charge in [-0.15, -0.1) is 0 Å². The van der Waals surface area contributed by atoms with Gasteiger partial charge in [-0.2, -0.15) is 0 Å². The van der Waals surface area contributed by atoms with Gasteiger partial charge in [-0.3, -0.25) is 4.79 Å². The van der Waals surface area contributed by atoms with Crippen LogP contribution in [0.25, 0.3) is 0 Å². The van der Waals surface area contributed by atoms with E-state index in [0.29, 0.717) is 18.4 Å². The molecule has 3 spiro atoms. The van der Waals surface area contributed by atoms with Crippen molar-refractivity contribution in [2.24, 2.45) is 44.8 Å². The van der Waals surface area contributed by atoms with Gasteiger partial charge in [0.25, 0.3) is 0 Å². The number of ether oxygens (including phenoxy) is 6. The number of fused-ring (bicyclic) bond motifs is 6. The van der Waals surface area contributed by atoms with E-state index in [4.69, 9.17) is 28.4 Å². The molecule has 4 saturated heterocycles. The number of aliphatic hydroxyl groups is 3. The largest absolute Gasteiger partial charge is 0.462 e. The smallest absolute Gasteiger partial charge is 0.302 e. The van der Waals surface area contributed by atoms with Crippen LogP contribution in [0, 0.1) is 44.8 Å². The van der Waals surface area contributed by atoms with Crippen molar-refractivity contribution >= 4 is 5.97 Å². The minimum atomic E-state index is -1.31. The van der Waals surface area contributed by atoms with Crippen molar-refractivity contribution in [2.75, 3.05) is 13.2 Å². The van der Waals surface area contributed by atoms with Crippen molar-refractivity contribution < 1.29 is 48.5 Å². The number of hydrogen-bond acceptors (Lipinski definition) is 10. The average molecular weight is 659 g/mol. The fourth-order valence-electron chi connectivity index (χ4n) is 13.7. The van der Waals surface area contributed by atoms with Crippen LogP contribution in [0.1, 0.15) is 93.4 Å². The third-order valence-electron chi connectivity index (χ3n) is 16.0. The summed E-state index contributed by atoms with van der Waals surface area (Å²) in [6.07, 6.45) is 3.70. The van der Waals surface area contributed by atoms with Crippen LogP contribution in [-0.4, -0.2) is 94.9 Å². The topological polar surface area (TPSA) is 136 Å². The summed E-state index contributed by atoms with van der Waals surface area (Å²) >= 11 is 0. The fourth-order valence-corrected chi connectivity index (χ4v) is 13.7. The van der Waals surface area contributed by atoms with E-state index in [2.05, 4.69) is 47.6 Å². The quantitative estimate of drug-likeness (QED) is 0.234. The van der Waals surface area contributed by atoms with Gasteiger partial charge in [-0.1, -0.05) is 46.3 Å². The number of carbonyl (C=O) groups excluding carboxylic acids is 1. The Morgan fingerprint density at radius 3 is 2.45 bits per heavy atom. The van der Waals surface area contributed by atoms with E-state index < -0.39 is 30.4 Å². The molecular weight excluding hydrogens is 604 g/mol. The van der Waals surface area contributed by atoms with Crippen molar-refractivity contribution in [3.05, 3.63) is 11.6 Å². The van der Waals surface area contributed by atoms with Crippen LogP contribution >= 0.6 is 0 Å². The number of carbonyl (C=O) groups is 1. The molecule has 0 aromatic rings. The molecule has 9 rings (SSSR count). The zero-order valence-electron chi connectivity index (χ0n) is 29.0. The first kappa shape index (κ1) is 31.8. The van der Waals surface area contributed by atoms with Crippen LogP contribution in [-0.2, 0) is 33.2 Å². The lowest BCUT2D eigenvalue weighted by atomic mass is 9.44. The van der Waals surface area contributed by atoms with Crippen LogP contribution in [0.2, 0.25) is 0 Å². The summed E-state index contributed by atoms with van der Waals surface area (Å²) in [5.74, 6) is -0.0424. The Labute approximate surface area is 277 Å². The maximum Gasteiger partial charge on any atom is 0.302 e. The first-order chi connectivity index (χ1) is 22.0. The van der Waals surface area contributed by atoms with E-state index in [1.165, 1.54) is 0 Å². The molecule has 0 aromatic carbocycles. The van der Waals surface area contributed by atoms with E-state index in [9.17, 15) is 20.1 Å². The van der Waals surface area contributed by atoms with Gasteiger partial charge in [0, 0.05) is 29.6 Å². The van der Waals surface area contributed by atoms with Crippen molar-refractivity contribution in [3.8, 4) is 0 Å². The fraction of sp³-hybridized carbons (Fsp3) is 0.919. The minimum absolute atomic E-state index is 0.0156. The molecule has 0 radical (unpaired) electrons. The average Bonchev–Trinajstić information content (AvgIpc) is 3.81. The normalized spacial score (nSPS) is 61.1. The second-order valence-electron chi connectivity index (χ2n) is 18.5. The molecule has 9 aliphatic rings. The summed E-state index contributed by atoms with van der Waals surface area (Å²) in [5, 5.41) is 30.9. The van der Waals surface area contributed by atoms with Crippen LogP contribution in [0.4, 0.5) is 0 Å². The van der Waals surface area contributed by atoms with Gasteiger partial charge in [0.05, 0.1) is 25.4 Å². The summed E-state index contributed by atoms with van der Waals surface area (Å²) in [5.41, 5.74) is 0.598. The van der Waals surface area contributed by atoms with Crippen molar-refractivity contribution in [2.45, 2.75) is 154 Å². The number of hydrogen-bond donors (Lipinski definition) is 3. The number of rotatable bonds is 3. The lowest BCUT2D eigenvalue weighted by Gasteiger charge is -2.62. The predicted octanol–water partition coefficient (Wildman–Crippen LogP) is 3.63. The highest BCUT2D eigenvalue weighted by molar-refractivity contribution is 5.66. The Hall–Kier alpha value is -1.11. The molecule has 4 aliphatic heterocycles. The maximum absolute atomic E-state index is 12.9. The molecule has 262 valence electrons. The minimum Gasteiger partial charge on any atom is -0.462 e. The first-order valence-corrected chi connectivity index (χ1v) is 18.2. The Morgan fingerprint density at radius 2 is 1.77 bits per heavy atom. The molecule has 0 unspecified atom stereocenters. The standard InChI is InChI=1S/C37H54O10/c1-18-12-37(30-33(6,47-30)17-43-37)46-21-13-32(5)23-9-8-22-31(3,4)24(45-29-28(41)27(40)20(39)15-42-29)10-11-35(22)16-36(23,35)14-25(44-19(2)38)34(32,7)26(18)21/h9,18,20-22,24-30,39-41H,8,10-17H2,1-7H3/t18-,20-,21+,22+,24+,25-,26+,27+,28-,29+,30+,32+,33-,34-,35-,36+,37+/m1/s1. The van der Waals surface area contributed by atoms with Crippen LogP contribution in [0.15, 0.2) is 11.6 Å². The van der Waals surface area contributed by atoms with E-state index in [0.717, 1.165) is 44.9 Å². The molecule has 8 fully saturated rings. The molecule has 0 aromatic heterocycles. The molecule has 0 amide bonds. The van der Waals surface area contributed by atoms with E-state index >= 15 is 0 Å². The molecule has 47 heavy (non-hydrogen) atoms.